The topological polar surface area (TPSA) is 145 Å². The molecule has 1 aromatic rings. The van der Waals surface area contributed by atoms with Crippen LogP contribution in [0.4, 0.5) is 4.79 Å². The molecule has 0 saturated carbocycles. The molecule has 1 unspecified atom stereocenters. The number of aromatic nitrogens is 1. The Morgan fingerprint density at radius 2 is 2.10 bits per heavy atom. The van der Waals surface area contributed by atoms with E-state index >= 15 is 0 Å². The van der Waals surface area contributed by atoms with Gasteiger partial charge in [-0.25, -0.2) is 9.59 Å². The first kappa shape index (κ1) is 16.5. The van der Waals surface area contributed by atoms with Gasteiger partial charge in [0.15, 0.2) is 5.69 Å². The maximum atomic E-state index is 11.6. The Morgan fingerprint density at radius 3 is 2.52 bits per heavy atom. The second kappa shape index (κ2) is 6.25. The summed E-state index contributed by atoms with van der Waals surface area (Å²) < 4.78 is 9.75. The molecular formula is C12H17N3O6. The average molecular weight is 299 g/mol. The fraction of sp³-hybridized carbons (Fsp3) is 0.500. The van der Waals surface area contributed by atoms with E-state index in [0.717, 1.165) is 0 Å². The Kier molecular flexibility index (Phi) is 4.90. The van der Waals surface area contributed by atoms with Gasteiger partial charge >= 0.3 is 12.1 Å². The number of hydrogen-bond donors (Lipinski definition) is 3. The number of hydrogen-bond acceptors (Lipinski definition) is 6. The van der Waals surface area contributed by atoms with Crippen molar-refractivity contribution >= 4 is 18.0 Å². The Morgan fingerprint density at radius 1 is 1.48 bits per heavy atom. The van der Waals surface area contributed by atoms with Gasteiger partial charge in [0.2, 0.25) is 0 Å². The van der Waals surface area contributed by atoms with Crippen LogP contribution in [0.1, 0.15) is 37.0 Å². The molecule has 21 heavy (non-hydrogen) atoms. The number of primary amides is 1. The molecule has 0 radical (unpaired) electrons. The lowest BCUT2D eigenvalue weighted by atomic mass is 10.1. The molecular weight excluding hydrogens is 282 g/mol. The summed E-state index contributed by atoms with van der Waals surface area (Å²) >= 11 is 0. The van der Waals surface area contributed by atoms with E-state index in [0.29, 0.717) is 0 Å². The van der Waals surface area contributed by atoms with Crippen molar-refractivity contribution < 1.29 is 28.8 Å². The number of carbonyl (C=O) groups excluding carboxylic acids is 2. The first-order valence-corrected chi connectivity index (χ1v) is 6.06. The predicted molar refractivity (Wildman–Crippen MR) is 69.5 cm³/mol. The van der Waals surface area contributed by atoms with E-state index in [1.165, 1.54) is 6.07 Å². The quantitative estimate of drug-likeness (QED) is 0.708. The number of nitrogens with zero attached hydrogens (tertiary/aromatic N) is 1. The fourth-order valence-electron chi connectivity index (χ4n) is 1.38. The summed E-state index contributed by atoms with van der Waals surface area (Å²) in [4.78, 5) is 33.5. The summed E-state index contributed by atoms with van der Waals surface area (Å²) in [6.07, 6.45) is -1.07. The average Bonchev–Trinajstić information content (AvgIpc) is 2.74. The standard InChI is InChI=1S/C12H17N3O6/c1-12(2,3)20-11(19)14-8(10(17)18)5-6-4-7(9(13)16)15-21-6/h4,8H,5H2,1-3H3,(H2,13,16)(H,14,19)(H,17,18). The lowest BCUT2D eigenvalue weighted by Gasteiger charge is -2.21. The number of rotatable bonds is 5. The number of alkyl carbamates (subject to hydrolysis) is 1. The first-order valence-electron chi connectivity index (χ1n) is 6.06. The molecule has 4 N–H and O–H groups in total. The minimum Gasteiger partial charge on any atom is -0.480 e. The van der Waals surface area contributed by atoms with Gasteiger partial charge in [-0.05, 0) is 20.8 Å². The molecule has 0 saturated heterocycles. The smallest absolute Gasteiger partial charge is 0.408 e. The van der Waals surface area contributed by atoms with E-state index in [1.807, 2.05) is 0 Å². The van der Waals surface area contributed by atoms with Crippen molar-refractivity contribution in [2.45, 2.75) is 38.8 Å². The summed E-state index contributed by atoms with van der Waals surface area (Å²) in [5.41, 5.74) is 4.13. The lowest BCUT2D eigenvalue weighted by Crippen LogP contribution is -2.44. The van der Waals surface area contributed by atoms with Gasteiger partial charge in [-0.3, -0.25) is 4.79 Å². The molecule has 1 atom stereocenters. The largest absolute Gasteiger partial charge is 0.480 e. The third-order valence-corrected chi connectivity index (χ3v) is 2.21. The molecule has 1 heterocycles. The van der Waals surface area contributed by atoms with Crippen molar-refractivity contribution in [2.75, 3.05) is 0 Å². The number of ether oxygens (including phenoxy) is 1. The maximum Gasteiger partial charge on any atom is 0.408 e. The van der Waals surface area contributed by atoms with E-state index in [1.54, 1.807) is 20.8 Å². The molecule has 0 aliphatic rings. The van der Waals surface area contributed by atoms with Crippen molar-refractivity contribution in [1.29, 1.82) is 0 Å². The first-order chi connectivity index (χ1) is 9.58. The van der Waals surface area contributed by atoms with E-state index in [-0.39, 0.29) is 17.9 Å². The zero-order valence-corrected chi connectivity index (χ0v) is 11.9. The lowest BCUT2D eigenvalue weighted by molar-refractivity contribution is -0.139. The number of amides is 2. The molecule has 9 nitrogen and oxygen atoms in total. The molecule has 2 amide bonds. The molecule has 0 fully saturated rings. The van der Waals surface area contributed by atoms with Crippen LogP contribution in [0.3, 0.4) is 0 Å². The second-order valence-electron chi connectivity index (χ2n) is 5.28. The van der Waals surface area contributed by atoms with Gasteiger partial charge in [0.1, 0.15) is 17.4 Å². The van der Waals surface area contributed by atoms with Crippen LogP contribution in [-0.4, -0.2) is 39.9 Å². The number of carboxylic acid groups (broad SMARTS) is 1. The summed E-state index contributed by atoms with van der Waals surface area (Å²) in [7, 11) is 0. The fourth-order valence-corrected chi connectivity index (χ4v) is 1.38. The van der Waals surface area contributed by atoms with Gasteiger partial charge in [-0.1, -0.05) is 5.16 Å². The van der Waals surface area contributed by atoms with Gasteiger partial charge in [-0.15, -0.1) is 0 Å². The van der Waals surface area contributed by atoms with Crippen LogP contribution in [0.15, 0.2) is 10.6 Å². The van der Waals surface area contributed by atoms with Crippen molar-refractivity contribution in [3.05, 3.63) is 17.5 Å². The number of carboxylic acids is 1. The number of nitrogens with one attached hydrogen (secondary N) is 1. The normalized spacial score (nSPS) is 12.5. The summed E-state index contributed by atoms with van der Waals surface area (Å²) in [6, 6.07) is -0.0665. The maximum absolute atomic E-state index is 11.6. The van der Waals surface area contributed by atoms with Crippen LogP contribution in [0, 0.1) is 0 Å². The Hall–Kier alpha value is -2.58. The number of carbonyl (C=O) groups is 3. The zero-order chi connectivity index (χ0) is 16.2. The third kappa shape index (κ3) is 5.51. The van der Waals surface area contributed by atoms with E-state index in [4.69, 9.17) is 20.1 Å². The molecule has 116 valence electrons. The Labute approximate surface area is 120 Å². The zero-order valence-electron chi connectivity index (χ0n) is 11.9. The van der Waals surface area contributed by atoms with Crippen LogP contribution < -0.4 is 11.1 Å². The Balaban J connectivity index is 2.71. The molecule has 9 heteroatoms. The van der Waals surface area contributed by atoms with Gasteiger partial charge in [0, 0.05) is 12.5 Å². The predicted octanol–water partition coefficient (Wildman–Crippen LogP) is 0.294. The van der Waals surface area contributed by atoms with Gasteiger partial charge in [-0.2, -0.15) is 0 Å². The van der Waals surface area contributed by atoms with E-state index < -0.39 is 29.6 Å². The monoisotopic (exact) mass is 299 g/mol. The summed E-state index contributed by atoms with van der Waals surface area (Å²) in [5.74, 6) is -1.97. The van der Waals surface area contributed by atoms with Crippen LogP contribution in [-0.2, 0) is 16.0 Å². The summed E-state index contributed by atoms with van der Waals surface area (Å²) in [5, 5.41) is 14.6. The minimum absolute atomic E-state index is 0.104. The number of nitrogens with two attached hydrogens (primary N) is 1. The molecule has 0 aromatic carbocycles. The third-order valence-electron chi connectivity index (χ3n) is 2.21. The van der Waals surface area contributed by atoms with Crippen LogP contribution in [0.25, 0.3) is 0 Å². The van der Waals surface area contributed by atoms with Crippen molar-refractivity contribution in [2.24, 2.45) is 5.73 Å². The Bertz CT molecular complexity index is 545. The van der Waals surface area contributed by atoms with Gasteiger partial charge in [0.05, 0.1) is 0 Å². The number of aliphatic carboxylic acids is 1. The van der Waals surface area contributed by atoms with Crippen molar-refractivity contribution in [3.63, 3.8) is 0 Å². The molecule has 0 aliphatic carbocycles. The second-order valence-corrected chi connectivity index (χ2v) is 5.28. The molecule has 0 aliphatic heterocycles. The highest BCUT2D eigenvalue weighted by atomic mass is 16.6. The van der Waals surface area contributed by atoms with Crippen LogP contribution in [0.2, 0.25) is 0 Å². The highest BCUT2D eigenvalue weighted by Gasteiger charge is 2.26. The molecule has 1 rings (SSSR count). The molecule has 1 aromatic heterocycles. The van der Waals surface area contributed by atoms with Crippen LogP contribution >= 0.6 is 0 Å². The minimum atomic E-state index is -1.28. The highest BCUT2D eigenvalue weighted by Crippen LogP contribution is 2.09. The molecule has 0 spiro atoms. The van der Waals surface area contributed by atoms with Gasteiger partial charge < -0.3 is 25.4 Å². The summed E-state index contributed by atoms with van der Waals surface area (Å²) in [6.45, 7) is 4.95. The van der Waals surface area contributed by atoms with Crippen LogP contribution in [0.5, 0.6) is 0 Å². The van der Waals surface area contributed by atoms with Crippen molar-refractivity contribution in [3.8, 4) is 0 Å². The van der Waals surface area contributed by atoms with Gasteiger partial charge in [0.25, 0.3) is 5.91 Å². The van der Waals surface area contributed by atoms with E-state index in [2.05, 4.69) is 10.5 Å². The highest BCUT2D eigenvalue weighted by molar-refractivity contribution is 5.90. The molecule has 0 bridgehead atoms. The van der Waals surface area contributed by atoms with E-state index in [9.17, 15) is 14.4 Å². The SMILES string of the molecule is CC(C)(C)OC(=O)NC(Cc1cc(C(N)=O)no1)C(=O)O. The van der Waals surface area contributed by atoms with Crippen molar-refractivity contribution in [1.82, 2.24) is 10.5 Å².